The van der Waals surface area contributed by atoms with Crippen molar-refractivity contribution in [2.24, 2.45) is 0 Å². The summed E-state index contributed by atoms with van der Waals surface area (Å²) in [6.45, 7) is 8.63. The maximum Gasteiger partial charge on any atom is 0.120 e. The molecular weight excluding hydrogens is 745 g/mol. The zero-order valence-corrected chi connectivity index (χ0v) is 28.5. The summed E-state index contributed by atoms with van der Waals surface area (Å²) < 4.78 is 8.58. The van der Waals surface area contributed by atoms with Crippen molar-refractivity contribution < 1.29 is 24.5 Å². The van der Waals surface area contributed by atoms with Crippen molar-refractivity contribution in [3.8, 4) is 28.3 Å². The SMILES string of the molecule is Cc1c[c-]c(-c2nc3cnc(C(C)(C)C)cc3n2-c2ccccc2)c2oc3ccccc3c12.[Ir].[c-]1ccccc1-c1ccccn1. The Hall–Kier alpha value is -4.90. The first-order chi connectivity index (χ1) is 21.9. The number of benzene rings is 4. The molecular formula is C40H32IrN4O-2. The molecule has 0 bridgehead atoms. The van der Waals surface area contributed by atoms with E-state index in [1.54, 1.807) is 6.20 Å². The second-order valence-electron chi connectivity index (χ2n) is 12.1. The fourth-order valence-corrected chi connectivity index (χ4v) is 5.57. The molecule has 8 rings (SSSR count). The van der Waals surface area contributed by atoms with Crippen LogP contribution in [-0.4, -0.2) is 19.5 Å². The second kappa shape index (κ2) is 12.8. The molecule has 4 heterocycles. The van der Waals surface area contributed by atoms with Crippen molar-refractivity contribution in [2.75, 3.05) is 0 Å². The predicted molar refractivity (Wildman–Crippen MR) is 182 cm³/mol. The molecule has 0 spiro atoms. The van der Waals surface area contributed by atoms with Crippen LogP contribution in [0.5, 0.6) is 0 Å². The molecule has 0 aliphatic heterocycles. The Bertz CT molecular complexity index is 2210. The Morgan fingerprint density at radius 1 is 0.804 bits per heavy atom. The van der Waals surface area contributed by atoms with Crippen LogP contribution in [0.2, 0.25) is 0 Å². The smallest absolute Gasteiger partial charge is 0.120 e. The third-order valence-corrected chi connectivity index (χ3v) is 7.85. The zero-order chi connectivity index (χ0) is 31.0. The van der Waals surface area contributed by atoms with Crippen LogP contribution in [0.25, 0.3) is 61.3 Å². The number of furan rings is 1. The third kappa shape index (κ3) is 5.90. The monoisotopic (exact) mass is 777 g/mol. The van der Waals surface area contributed by atoms with Gasteiger partial charge in [0.05, 0.1) is 28.6 Å². The van der Waals surface area contributed by atoms with Crippen LogP contribution in [0.1, 0.15) is 32.0 Å². The number of rotatable bonds is 3. The summed E-state index contributed by atoms with van der Waals surface area (Å²) in [7, 11) is 0. The number of pyridine rings is 2. The van der Waals surface area contributed by atoms with Crippen molar-refractivity contribution in [3.63, 3.8) is 0 Å². The van der Waals surface area contributed by atoms with Gasteiger partial charge in [0.15, 0.2) is 0 Å². The van der Waals surface area contributed by atoms with Gasteiger partial charge in [0.25, 0.3) is 0 Å². The average molecular weight is 777 g/mol. The van der Waals surface area contributed by atoms with E-state index in [1.165, 1.54) is 0 Å². The number of para-hydroxylation sites is 2. The molecule has 0 amide bonds. The number of hydrogen-bond acceptors (Lipinski definition) is 4. The maximum absolute atomic E-state index is 6.38. The Morgan fingerprint density at radius 3 is 2.30 bits per heavy atom. The number of aryl methyl sites for hydroxylation is 1. The summed E-state index contributed by atoms with van der Waals surface area (Å²) in [5, 5.41) is 2.22. The van der Waals surface area contributed by atoms with Crippen molar-refractivity contribution in [1.29, 1.82) is 0 Å². The quantitative estimate of drug-likeness (QED) is 0.168. The predicted octanol–water partition coefficient (Wildman–Crippen LogP) is 9.94. The van der Waals surface area contributed by atoms with Crippen molar-refractivity contribution in [2.45, 2.75) is 33.1 Å². The molecule has 8 aromatic rings. The van der Waals surface area contributed by atoms with E-state index in [4.69, 9.17) is 14.4 Å². The summed E-state index contributed by atoms with van der Waals surface area (Å²) in [6.07, 6.45) is 3.67. The van der Waals surface area contributed by atoms with Gasteiger partial charge in [-0.2, -0.15) is 0 Å². The summed E-state index contributed by atoms with van der Waals surface area (Å²) >= 11 is 0. The fourth-order valence-electron chi connectivity index (χ4n) is 5.57. The Kier molecular flexibility index (Phi) is 8.68. The van der Waals surface area contributed by atoms with Crippen LogP contribution < -0.4 is 0 Å². The molecule has 229 valence electrons. The van der Waals surface area contributed by atoms with E-state index < -0.39 is 0 Å². The minimum Gasteiger partial charge on any atom is -0.501 e. The summed E-state index contributed by atoms with van der Waals surface area (Å²) in [4.78, 5) is 14.0. The molecule has 0 fully saturated rings. The zero-order valence-electron chi connectivity index (χ0n) is 26.1. The molecule has 0 atom stereocenters. The summed E-state index contributed by atoms with van der Waals surface area (Å²) in [6, 6.07) is 43.0. The van der Waals surface area contributed by atoms with Crippen LogP contribution in [0.15, 0.2) is 126 Å². The molecule has 5 nitrogen and oxygen atoms in total. The normalized spacial score (nSPS) is 11.3. The van der Waals surface area contributed by atoms with Gasteiger partial charge in [0.2, 0.25) is 0 Å². The van der Waals surface area contributed by atoms with Crippen LogP contribution in [0.3, 0.4) is 0 Å². The molecule has 4 aromatic carbocycles. The van der Waals surface area contributed by atoms with E-state index in [2.05, 4.69) is 73.6 Å². The van der Waals surface area contributed by atoms with Crippen molar-refractivity contribution in [1.82, 2.24) is 19.5 Å². The average Bonchev–Trinajstić information content (AvgIpc) is 3.65. The standard InChI is InChI=1S/C29H24N3O.C11H8N.Ir/c1-18-14-15-21(27-26(18)20-12-8-9-13-24(20)33-27)28-31-22-17-30-25(29(2,3)4)16-23(22)32(28)19-10-6-5-7-11-19;1-2-6-10(7-3-1)11-8-4-5-9-12-11;/h5-14,16-17H,1-4H3;1-6,8-9H;/q2*-1;. The van der Waals surface area contributed by atoms with Crippen LogP contribution in [0, 0.1) is 19.1 Å². The van der Waals surface area contributed by atoms with Crippen molar-refractivity contribution >= 4 is 33.0 Å². The second-order valence-corrected chi connectivity index (χ2v) is 12.1. The third-order valence-electron chi connectivity index (χ3n) is 7.85. The molecule has 6 heteroatoms. The Morgan fingerprint density at radius 2 is 1.57 bits per heavy atom. The molecule has 0 aliphatic rings. The van der Waals surface area contributed by atoms with E-state index in [0.29, 0.717) is 0 Å². The molecule has 0 N–H and O–H groups in total. The molecule has 1 radical (unpaired) electrons. The van der Waals surface area contributed by atoms with Crippen LogP contribution in [-0.2, 0) is 25.5 Å². The van der Waals surface area contributed by atoms with Gasteiger partial charge in [-0.25, -0.2) is 0 Å². The maximum atomic E-state index is 6.38. The van der Waals surface area contributed by atoms with E-state index >= 15 is 0 Å². The number of aromatic nitrogens is 4. The number of nitrogens with zero attached hydrogens (tertiary/aromatic N) is 4. The molecule has 0 saturated heterocycles. The first-order valence-electron chi connectivity index (χ1n) is 15.0. The van der Waals surface area contributed by atoms with Crippen LogP contribution >= 0.6 is 0 Å². The van der Waals surface area contributed by atoms with Crippen molar-refractivity contribution in [3.05, 3.63) is 145 Å². The molecule has 0 saturated carbocycles. The van der Waals surface area contributed by atoms with Gasteiger partial charge in [-0.05, 0) is 36.0 Å². The van der Waals surface area contributed by atoms with Gasteiger partial charge in [-0.15, -0.1) is 53.6 Å². The summed E-state index contributed by atoms with van der Waals surface area (Å²) in [5.41, 5.74) is 9.55. The number of imidazole rings is 1. The summed E-state index contributed by atoms with van der Waals surface area (Å²) in [5.74, 6) is 0.799. The minimum atomic E-state index is -0.0673. The number of fused-ring (bicyclic) bond motifs is 4. The first kappa shape index (κ1) is 31.1. The van der Waals surface area contributed by atoms with E-state index in [0.717, 1.165) is 72.6 Å². The Labute approximate surface area is 282 Å². The van der Waals surface area contributed by atoms with Gasteiger partial charge >= 0.3 is 0 Å². The minimum absolute atomic E-state index is 0. The largest absolute Gasteiger partial charge is 0.501 e. The van der Waals surface area contributed by atoms with Gasteiger partial charge in [-0.1, -0.05) is 87.2 Å². The molecule has 0 unspecified atom stereocenters. The molecule has 46 heavy (non-hydrogen) atoms. The van der Waals surface area contributed by atoms with Gasteiger partial charge < -0.3 is 14.0 Å². The van der Waals surface area contributed by atoms with Gasteiger partial charge in [0, 0.05) is 48.5 Å². The van der Waals surface area contributed by atoms with Gasteiger partial charge in [-0.3, -0.25) is 9.97 Å². The Balaban J connectivity index is 0.000000241. The topological polar surface area (TPSA) is 56.7 Å². The first-order valence-corrected chi connectivity index (χ1v) is 15.0. The number of hydrogen-bond donors (Lipinski definition) is 0. The van der Waals surface area contributed by atoms with Crippen LogP contribution in [0.4, 0.5) is 0 Å². The van der Waals surface area contributed by atoms with E-state index in [9.17, 15) is 0 Å². The van der Waals surface area contributed by atoms with E-state index in [-0.39, 0.29) is 25.5 Å². The fraction of sp³-hybridized carbons (Fsp3) is 0.125. The van der Waals surface area contributed by atoms with E-state index in [1.807, 2.05) is 91.1 Å². The molecule has 4 aromatic heterocycles. The van der Waals surface area contributed by atoms with Gasteiger partial charge in [0.1, 0.15) is 5.58 Å². The molecule has 0 aliphatic carbocycles.